The minimum absolute atomic E-state index is 0.0377. The van der Waals surface area contributed by atoms with Crippen molar-refractivity contribution in [2.75, 3.05) is 18.9 Å². The Bertz CT molecular complexity index is 886. The van der Waals surface area contributed by atoms with Crippen molar-refractivity contribution < 1.29 is 19.4 Å². The van der Waals surface area contributed by atoms with E-state index in [1.54, 1.807) is 0 Å². The molecule has 0 bridgehead atoms. The number of nitrogens with zero attached hydrogens (tertiary/aromatic N) is 3. The number of nitrogen functional groups attached to an aromatic ring is 1. The Morgan fingerprint density at radius 1 is 1.31 bits per heavy atom. The second-order valence-corrected chi connectivity index (χ2v) is 7.46. The molecule has 29 heavy (non-hydrogen) atoms. The molecule has 1 aliphatic rings. The molecule has 1 atom stereocenters. The molecule has 0 amide bonds. The van der Waals surface area contributed by atoms with Crippen LogP contribution in [-0.4, -0.2) is 55.5 Å². The Morgan fingerprint density at radius 3 is 2.69 bits per heavy atom. The molecule has 0 aliphatic heterocycles. The third-order valence-corrected chi connectivity index (χ3v) is 5.20. The SMILES string of the molecule is Nc1nc2c(ncn2COC(CO)COC(=O)C2(N)CCCCCCC2)c(=O)[nH]1. The molecule has 160 valence electrons. The number of hydrogen-bond donors (Lipinski definition) is 4. The van der Waals surface area contributed by atoms with Gasteiger partial charge in [0, 0.05) is 0 Å². The molecule has 1 saturated carbocycles. The van der Waals surface area contributed by atoms with Crippen LogP contribution in [0.4, 0.5) is 5.95 Å². The maximum atomic E-state index is 12.5. The number of nitrogens with two attached hydrogens (primary N) is 2. The smallest absolute Gasteiger partial charge is 0.326 e. The maximum absolute atomic E-state index is 12.5. The molecule has 0 radical (unpaired) electrons. The number of esters is 1. The molecule has 2 aromatic rings. The highest BCUT2D eigenvalue weighted by Gasteiger charge is 2.35. The summed E-state index contributed by atoms with van der Waals surface area (Å²) in [5.41, 5.74) is 10.8. The first-order valence-electron chi connectivity index (χ1n) is 9.82. The number of ether oxygens (including phenoxy) is 2. The molecule has 1 fully saturated rings. The Hall–Kier alpha value is -2.50. The van der Waals surface area contributed by atoms with E-state index in [0.29, 0.717) is 12.8 Å². The molecule has 0 saturated heterocycles. The average Bonchev–Trinajstić information content (AvgIpc) is 3.08. The summed E-state index contributed by atoms with van der Waals surface area (Å²) in [7, 11) is 0. The van der Waals surface area contributed by atoms with Crippen molar-refractivity contribution in [3.8, 4) is 0 Å². The average molecular weight is 408 g/mol. The van der Waals surface area contributed by atoms with Gasteiger partial charge in [0.15, 0.2) is 11.2 Å². The van der Waals surface area contributed by atoms with E-state index in [2.05, 4.69) is 15.0 Å². The third kappa shape index (κ3) is 5.11. The lowest BCUT2D eigenvalue weighted by atomic mass is 9.85. The van der Waals surface area contributed by atoms with E-state index in [1.807, 2.05) is 0 Å². The topological polar surface area (TPSA) is 171 Å². The Kier molecular flexibility index (Phi) is 6.83. The van der Waals surface area contributed by atoms with Crippen molar-refractivity contribution in [2.24, 2.45) is 5.73 Å². The van der Waals surface area contributed by atoms with Gasteiger partial charge in [0.1, 0.15) is 25.0 Å². The van der Waals surface area contributed by atoms with Crippen LogP contribution in [0.25, 0.3) is 11.2 Å². The van der Waals surface area contributed by atoms with Crippen LogP contribution in [0, 0.1) is 0 Å². The monoisotopic (exact) mass is 408 g/mol. The predicted octanol–water partition coefficient (Wildman–Crippen LogP) is 0.0218. The van der Waals surface area contributed by atoms with Crippen LogP contribution in [0.3, 0.4) is 0 Å². The van der Waals surface area contributed by atoms with Gasteiger partial charge >= 0.3 is 5.97 Å². The molecular formula is C18H28N6O5. The van der Waals surface area contributed by atoms with E-state index in [-0.39, 0.29) is 37.1 Å². The van der Waals surface area contributed by atoms with Gasteiger partial charge in [0.05, 0.1) is 12.9 Å². The zero-order valence-corrected chi connectivity index (χ0v) is 16.3. The van der Waals surface area contributed by atoms with Gasteiger partial charge in [-0.25, -0.2) is 4.98 Å². The number of aromatic nitrogens is 4. The molecule has 1 aliphatic carbocycles. The lowest BCUT2D eigenvalue weighted by molar-refractivity contribution is -0.157. The third-order valence-electron chi connectivity index (χ3n) is 5.20. The van der Waals surface area contributed by atoms with E-state index in [1.165, 1.54) is 17.3 Å². The van der Waals surface area contributed by atoms with Crippen molar-refractivity contribution >= 4 is 23.1 Å². The van der Waals surface area contributed by atoms with Crippen molar-refractivity contribution in [1.29, 1.82) is 0 Å². The number of imidazole rings is 1. The number of nitrogens with one attached hydrogen (secondary N) is 1. The number of carbonyl (C=O) groups excluding carboxylic acids is 1. The maximum Gasteiger partial charge on any atom is 0.326 e. The molecule has 2 aromatic heterocycles. The highest BCUT2D eigenvalue weighted by Crippen LogP contribution is 2.25. The molecule has 11 heteroatoms. The summed E-state index contributed by atoms with van der Waals surface area (Å²) in [6.07, 6.45) is 6.91. The second kappa shape index (κ2) is 9.33. The zero-order chi connectivity index (χ0) is 20.9. The van der Waals surface area contributed by atoms with Crippen LogP contribution in [0.15, 0.2) is 11.1 Å². The Morgan fingerprint density at radius 2 is 2.00 bits per heavy atom. The van der Waals surface area contributed by atoms with Crippen LogP contribution in [0.5, 0.6) is 0 Å². The number of H-pyrrole nitrogens is 1. The molecular weight excluding hydrogens is 380 g/mol. The number of anilines is 1. The van der Waals surface area contributed by atoms with Crippen LogP contribution >= 0.6 is 0 Å². The van der Waals surface area contributed by atoms with E-state index >= 15 is 0 Å². The van der Waals surface area contributed by atoms with E-state index < -0.39 is 23.2 Å². The molecule has 0 spiro atoms. The van der Waals surface area contributed by atoms with Gasteiger partial charge in [-0.3, -0.25) is 19.1 Å². The van der Waals surface area contributed by atoms with Crippen LogP contribution in [0.2, 0.25) is 0 Å². The minimum atomic E-state index is -0.983. The number of hydrogen-bond acceptors (Lipinski definition) is 9. The lowest BCUT2D eigenvalue weighted by Crippen LogP contribution is -2.50. The van der Waals surface area contributed by atoms with Gasteiger partial charge in [0.2, 0.25) is 5.95 Å². The van der Waals surface area contributed by atoms with Crippen molar-refractivity contribution in [3.63, 3.8) is 0 Å². The van der Waals surface area contributed by atoms with E-state index in [0.717, 1.165) is 25.7 Å². The van der Waals surface area contributed by atoms with Crippen molar-refractivity contribution in [2.45, 2.75) is 63.3 Å². The largest absolute Gasteiger partial charge is 0.461 e. The molecule has 1 unspecified atom stereocenters. The van der Waals surface area contributed by atoms with Gasteiger partial charge in [-0.1, -0.05) is 32.1 Å². The number of aromatic amines is 1. The highest BCUT2D eigenvalue weighted by molar-refractivity contribution is 5.80. The van der Waals surface area contributed by atoms with Gasteiger partial charge < -0.3 is 26.0 Å². The summed E-state index contributed by atoms with van der Waals surface area (Å²) in [6.45, 7) is -0.534. The normalized spacial score (nSPS) is 18.1. The number of carbonyl (C=O) groups is 1. The van der Waals surface area contributed by atoms with Crippen LogP contribution in [-0.2, 0) is 21.0 Å². The summed E-state index contributed by atoms with van der Waals surface area (Å²) in [6, 6.07) is 0. The Labute approximate surface area is 167 Å². The number of aliphatic hydroxyl groups excluding tert-OH is 1. The molecule has 0 aromatic carbocycles. The summed E-state index contributed by atoms with van der Waals surface area (Å²) in [4.78, 5) is 34.7. The summed E-state index contributed by atoms with van der Waals surface area (Å²) in [5, 5.41) is 9.56. The second-order valence-electron chi connectivity index (χ2n) is 7.46. The van der Waals surface area contributed by atoms with Gasteiger partial charge in [-0.05, 0) is 12.8 Å². The summed E-state index contributed by atoms with van der Waals surface area (Å²) >= 11 is 0. The fourth-order valence-electron chi connectivity index (χ4n) is 3.46. The molecule has 11 nitrogen and oxygen atoms in total. The first kappa shape index (κ1) is 21.2. The summed E-state index contributed by atoms with van der Waals surface area (Å²) < 4.78 is 12.4. The highest BCUT2D eigenvalue weighted by atomic mass is 16.6. The fraction of sp³-hybridized carbons (Fsp3) is 0.667. The molecule has 3 rings (SSSR count). The fourth-order valence-corrected chi connectivity index (χ4v) is 3.46. The number of rotatable bonds is 7. The first-order valence-corrected chi connectivity index (χ1v) is 9.82. The molecule has 2 heterocycles. The van der Waals surface area contributed by atoms with Crippen LogP contribution < -0.4 is 17.0 Å². The lowest BCUT2D eigenvalue weighted by Gasteiger charge is -2.29. The van der Waals surface area contributed by atoms with Gasteiger partial charge in [-0.2, -0.15) is 4.98 Å². The van der Waals surface area contributed by atoms with Crippen LogP contribution in [0.1, 0.15) is 44.9 Å². The summed E-state index contributed by atoms with van der Waals surface area (Å²) in [5.74, 6) is -0.500. The van der Waals surface area contributed by atoms with Gasteiger partial charge in [0.25, 0.3) is 5.56 Å². The number of fused-ring (bicyclic) bond motifs is 1. The Balaban J connectivity index is 1.57. The standard InChI is InChI=1S/C18H28N6O5/c19-17-22-14-13(15(26)23-17)21-10-24(14)11-29-12(8-25)9-28-16(27)18(20)6-4-2-1-3-5-7-18/h10,12,25H,1-9,11,20H2,(H3,19,22,23,26). The van der Waals surface area contributed by atoms with E-state index in [9.17, 15) is 14.7 Å². The first-order chi connectivity index (χ1) is 13.9. The quantitative estimate of drug-likeness (QED) is 0.461. The van der Waals surface area contributed by atoms with Crippen molar-refractivity contribution in [1.82, 2.24) is 19.5 Å². The van der Waals surface area contributed by atoms with Crippen molar-refractivity contribution in [3.05, 3.63) is 16.7 Å². The zero-order valence-electron chi connectivity index (χ0n) is 16.3. The number of aliphatic hydroxyl groups is 1. The molecule has 6 N–H and O–H groups in total. The minimum Gasteiger partial charge on any atom is -0.461 e. The van der Waals surface area contributed by atoms with Gasteiger partial charge in [-0.15, -0.1) is 0 Å². The van der Waals surface area contributed by atoms with E-state index in [4.69, 9.17) is 20.9 Å². The predicted molar refractivity (Wildman–Crippen MR) is 105 cm³/mol.